The van der Waals surface area contributed by atoms with Crippen molar-refractivity contribution in [3.63, 3.8) is 0 Å². The van der Waals surface area contributed by atoms with Gasteiger partial charge in [0.1, 0.15) is 0 Å². The van der Waals surface area contributed by atoms with E-state index in [4.69, 9.17) is 0 Å². The van der Waals surface area contributed by atoms with E-state index in [0.29, 0.717) is 24.3 Å². The molecule has 1 fully saturated rings. The van der Waals surface area contributed by atoms with Crippen molar-refractivity contribution in [2.24, 2.45) is 11.8 Å². The Hall–Kier alpha value is -0.530. The molecule has 1 unspecified atom stereocenters. The van der Waals surface area contributed by atoms with Gasteiger partial charge in [-0.3, -0.25) is 4.79 Å². The third-order valence-corrected chi connectivity index (χ3v) is 3.12. The van der Waals surface area contributed by atoms with Gasteiger partial charge >= 0.3 is 0 Å². The molecule has 0 radical (unpaired) electrons. The number of carbonyl (C=O) groups is 1. The lowest BCUT2D eigenvalue weighted by molar-refractivity contribution is -0.123. The molecule has 1 amide bonds. The number of amides is 1. The summed E-state index contributed by atoms with van der Waals surface area (Å²) in [7, 11) is 0. The average molecular weight is 183 g/mol. The number of hydrogen-bond acceptors (Lipinski definition) is 1. The Morgan fingerprint density at radius 1 is 1.38 bits per heavy atom. The van der Waals surface area contributed by atoms with Gasteiger partial charge in [0.2, 0.25) is 5.91 Å². The van der Waals surface area contributed by atoms with Crippen LogP contribution < -0.4 is 5.32 Å². The quantitative estimate of drug-likeness (QED) is 0.712. The largest absolute Gasteiger partial charge is 0.353 e. The smallest absolute Gasteiger partial charge is 0.220 e. The van der Waals surface area contributed by atoms with Crippen molar-refractivity contribution in [3.05, 3.63) is 0 Å². The third kappa shape index (κ3) is 3.37. The minimum absolute atomic E-state index is 0.242. The maximum absolute atomic E-state index is 11.4. The second-order valence-corrected chi connectivity index (χ2v) is 4.62. The van der Waals surface area contributed by atoms with Gasteiger partial charge in [0.25, 0.3) is 0 Å². The SMILES string of the molecule is CC(C)C(C)CC(=O)NC1CCC1. The van der Waals surface area contributed by atoms with Crippen LogP contribution >= 0.6 is 0 Å². The summed E-state index contributed by atoms with van der Waals surface area (Å²) in [4.78, 5) is 11.4. The van der Waals surface area contributed by atoms with E-state index in [1.807, 2.05) is 0 Å². The Balaban J connectivity index is 2.16. The molecule has 1 atom stereocenters. The highest BCUT2D eigenvalue weighted by atomic mass is 16.1. The molecule has 1 aliphatic rings. The van der Waals surface area contributed by atoms with E-state index in [1.54, 1.807) is 0 Å². The Bertz CT molecular complexity index is 173. The standard InChI is InChI=1S/C11H21NO/c1-8(2)9(3)7-11(13)12-10-5-4-6-10/h8-10H,4-7H2,1-3H3,(H,12,13). The van der Waals surface area contributed by atoms with Gasteiger partial charge in [-0.05, 0) is 31.1 Å². The first kappa shape index (κ1) is 10.6. The van der Waals surface area contributed by atoms with E-state index >= 15 is 0 Å². The summed E-state index contributed by atoms with van der Waals surface area (Å²) in [6.45, 7) is 6.48. The molecule has 2 heteroatoms. The van der Waals surface area contributed by atoms with Gasteiger partial charge < -0.3 is 5.32 Å². The third-order valence-electron chi connectivity index (χ3n) is 3.12. The molecule has 1 rings (SSSR count). The molecule has 0 saturated heterocycles. The minimum atomic E-state index is 0.242. The second kappa shape index (κ2) is 4.64. The molecule has 0 aromatic carbocycles. The molecule has 0 spiro atoms. The highest BCUT2D eigenvalue weighted by Gasteiger charge is 2.20. The van der Waals surface area contributed by atoms with E-state index in [1.165, 1.54) is 19.3 Å². The van der Waals surface area contributed by atoms with Crippen molar-refractivity contribution < 1.29 is 4.79 Å². The van der Waals surface area contributed by atoms with Crippen LogP contribution in [0.25, 0.3) is 0 Å². The van der Waals surface area contributed by atoms with Crippen molar-refractivity contribution in [3.8, 4) is 0 Å². The fraction of sp³-hybridized carbons (Fsp3) is 0.909. The lowest BCUT2D eigenvalue weighted by atomic mass is 9.91. The monoisotopic (exact) mass is 183 g/mol. The molecule has 2 nitrogen and oxygen atoms in total. The lowest BCUT2D eigenvalue weighted by Crippen LogP contribution is -2.40. The summed E-state index contributed by atoms with van der Waals surface area (Å²) in [5.74, 6) is 1.35. The summed E-state index contributed by atoms with van der Waals surface area (Å²) in [6, 6.07) is 0.492. The molecule has 0 aliphatic heterocycles. The molecular formula is C11H21NO. The van der Waals surface area contributed by atoms with Crippen LogP contribution in [0.4, 0.5) is 0 Å². The predicted octanol–water partition coefficient (Wildman–Crippen LogP) is 2.34. The summed E-state index contributed by atoms with van der Waals surface area (Å²) < 4.78 is 0. The van der Waals surface area contributed by atoms with Gasteiger partial charge in [0.05, 0.1) is 0 Å². The molecule has 1 N–H and O–H groups in total. The molecule has 1 aliphatic carbocycles. The number of rotatable bonds is 4. The fourth-order valence-corrected chi connectivity index (χ4v) is 1.37. The highest BCUT2D eigenvalue weighted by molar-refractivity contribution is 5.76. The zero-order chi connectivity index (χ0) is 9.84. The van der Waals surface area contributed by atoms with Gasteiger partial charge in [-0.15, -0.1) is 0 Å². The van der Waals surface area contributed by atoms with Crippen LogP contribution in [-0.2, 0) is 4.79 Å². The van der Waals surface area contributed by atoms with Gasteiger partial charge in [-0.1, -0.05) is 20.8 Å². The fourth-order valence-electron chi connectivity index (χ4n) is 1.37. The van der Waals surface area contributed by atoms with Gasteiger partial charge in [0.15, 0.2) is 0 Å². The predicted molar refractivity (Wildman–Crippen MR) is 54.4 cm³/mol. The molecule has 0 heterocycles. The lowest BCUT2D eigenvalue weighted by Gasteiger charge is -2.27. The first-order valence-corrected chi connectivity index (χ1v) is 5.39. The van der Waals surface area contributed by atoms with E-state index < -0.39 is 0 Å². The van der Waals surface area contributed by atoms with Crippen molar-refractivity contribution in [2.75, 3.05) is 0 Å². The molecule has 76 valence electrons. The van der Waals surface area contributed by atoms with Crippen molar-refractivity contribution >= 4 is 5.91 Å². The van der Waals surface area contributed by atoms with Gasteiger partial charge in [-0.25, -0.2) is 0 Å². The molecule has 0 bridgehead atoms. The normalized spacial score (nSPS) is 19.7. The van der Waals surface area contributed by atoms with E-state index in [-0.39, 0.29) is 5.91 Å². The number of hydrogen-bond donors (Lipinski definition) is 1. The van der Waals surface area contributed by atoms with Crippen LogP contribution in [0.1, 0.15) is 46.5 Å². The van der Waals surface area contributed by atoms with Gasteiger partial charge in [0, 0.05) is 12.5 Å². The van der Waals surface area contributed by atoms with Crippen LogP contribution in [0.2, 0.25) is 0 Å². The molecule has 13 heavy (non-hydrogen) atoms. The van der Waals surface area contributed by atoms with E-state index in [9.17, 15) is 4.79 Å². The Morgan fingerprint density at radius 3 is 2.38 bits per heavy atom. The number of carbonyl (C=O) groups excluding carboxylic acids is 1. The van der Waals surface area contributed by atoms with E-state index in [0.717, 1.165) is 0 Å². The zero-order valence-corrected chi connectivity index (χ0v) is 8.97. The molecule has 0 aromatic rings. The Morgan fingerprint density at radius 2 is 2.00 bits per heavy atom. The zero-order valence-electron chi connectivity index (χ0n) is 8.97. The van der Waals surface area contributed by atoms with Gasteiger partial charge in [-0.2, -0.15) is 0 Å². The first-order valence-electron chi connectivity index (χ1n) is 5.39. The highest BCUT2D eigenvalue weighted by Crippen LogP contribution is 2.19. The van der Waals surface area contributed by atoms with E-state index in [2.05, 4.69) is 26.1 Å². The summed E-state index contributed by atoms with van der Waals surface area (Å²) >= 11 is 0. The molecule has 0 aromatic heterocycles. The molecular weight excluding hydrogens is 162 g/mol. The van der Waals surface area contributed by atoms with Crippen LogP contribution in [0, 0.1) is 11.8 Å². The number of nitrogens with one attached hydrogen (secondary N) is 1. The molecule has 1 saturated carbocycles. The second-order valence-electron chi connectivity index (χ2n) is 4.62. The Kier molecular flexibility index (Phi) is 3.76. The first-order chi connectivity index (χ1) is 6.09. The summed E-state index contributed by atoms with van der Waals surface area (Å²) in [5.41, 5.74) is 0. The van der Waals surface area contributed by atoms with Crippen LogP contribution in [-0.4, -0.2) is 11.9 Å². The van der Waals surface area contributed by atoms with Crippen LogP contribution in [0.5, 0.6) is 0 Å². The van der Waals surface area contributed by atoms with Crippen molar-refractivity contribution in [2.45, 2.75) is 52.5 Å². The summed E-state index contributed by atoms with van der Waals surface area (Å²) in [6.07, 6.45) is 4.34. The van der Waals surface area contributed by atoms with Crippen molar-refractivity contribution in [1.82, 2.24) is 5.32 Å². The van der Waals surface area contributed by atoms with Crippen LogP contribution in [0.3, 0.4) is 0 Å². The van der Waals surface area contributed by atoms with Crippen molar-refractivity contribution in [1.29, 1.82) is 0 Å². The maximum atomic E-state index is 11.4. The topological polar surface area (TPSA) is 29.1 Å². The van der Waals surface area contributed by atoms with Crippen LogP contribution in [0.15, 0.2) is 0 Å². The minimum Gasteiger partial charge on any atom is -0.353 e. The summed E-state index contributed by atoms with van der Waals surface area (Å²) in [5, 5.41) is 3.06. The Labute approximate surface area is 81.1 Å². The maximum Gasteiger partial charge on any atom is 0.220 e. The average Bonchev–Trinajstić information content (AvgIpc) is 1.96.